The summed E-state index contributed by atoms with van der Waals surface area (Å²) in [6.07, 6.45) is -4.39. The Hall–Kier alpha value is -1.56. The normalized spacial score (nSPS) is 13.1. The number of rotatable bonds is 5. The van der Waals surface area contributed by atoms with E-state index in [0.717, 1.165) is 12.1 Å². The maximum Gasteiger partial charge on any atom is 0.416 e. The molecule has 1 aromatic carbocycles. The van der Waals surface area contributed by atoms with Gasteiger partial charge in [0.1, 0.15) is 6.61 Å². The maximum atomic E-state index is 12.7. The first-order valence-electron chi connectivity index (χ1n) is 6.26. The molecule has 1 amide bonds. The molecule has 0 aliphatic carbocycles. The van der Waals surface area contributed by atoms with E-state index in [2.05, 4.69) is 0 Å². The molecule has 0 aliphatic rings. The van der Waals surface area contributed by atoms with Gasteiger partial charge in [0.2, 0.25) is 5.91 Å². The molecule has 0 saturated carbocycles. The number of alkyl halides is 3. The molecule has 3 nitrogen and oxygen atoms in total. The zero-order chi connectivity index (χ0) is 15.3. The molecule has 1 unspecified atom stereocenters. The second-order valence-electron chi connectivity index (χ2n) is 4.41. The zero-order valence-corrected chi connectivity index (χ0v) is 11.7. The van der Waals surface area contributed by atoms with Crippen LogP contribution in [0.4, 0.5) is 13.2 Å². The predicted octanol–water partition coefficient (Wildman–Crippen LogP) is 3.26. The Kier molecular flexibility index (Phi) is 5.56. The molecule has 20 heavy (non-hydrogen) atoms. The number of nitrogens with zero attached hydrogens (tertiary/aromatic N) is 1. The molecule has 1 atom stereocenters. The molecule has 0 heterocycles. The summed E-state index contributed by atoms with van der Waals surface area (Å²) in [4.78, 5) is 13.3. The average Bonchev–Trinajstić information content (AvgIpc) is 2.39. The van der Waals surface area contributed by atoms with Crippen LogP contribution in [0.3, 0.4) is 0 Å². The molecule has 0 radical (unpaired) electrons. The van der Waals surface area contributed by atoms with Gasteiger partial charge in [-0.3, -0.25) is 4.79 Å². The molecule has 0 bridgehead atoms. The first-order chi connectivity index (χ1) is 9.31. The Bertz CT molecular complexity index is 460. The highest BCUT2D eigenvalue weighted by atomic mass is 19.4. The van der Waals surface area contributed by atoms with Gasteiger partial charge in [-0.15, -0.1) is 0 Å². The summed E-state index contributed by atoms with van der Waals surface area (Å²) in [7, 11) is 1.40. The monoisotopic (exact) mass is 289 g/mol. The lowest BCUT2D eigenvalue weighted by atomic mass is 10.0. The van der Waals surface area contributed by atoms with Gasteiger partial charge in [-0.05, 0) is 31.5 Å². The van der Waals surface area contributed by atoms with E-state index in [4.69, 9.17) is 4.74 Å². The molecule has 112 valence electrons. The zero-order valence-electron chi connectivity index (χ0n) is 11.7. The summed E-state index contributed by atoms with van der Waals surface area (Å²) in [5.74, 6) is -0.250. The number of carbonyl (C=O) groups is 1. The van der Waals surface area contributed by atoms with E-state index in [-0.39, 0.29) is 12.5 Å². The molecule has 0 aliphatic heterocycles. The van der Waals surface area contributed by atoms with Crippen LogP contribution in [0.25, 0.3) is 0 Å². The number of halogens is 3. The van der Waals surface area contributed by atoms with Gasteiger partial charge in [0.05, 0.1) is 11.6 Å². The third kappa shape index (κ3) is 3.96. The second kappa shape index (κ2) is 6.74. The van der Waals surface area contributed by atoms with Crippen LogP contribution in [0.2, 0.25) is 0 Å². The van der Waals surface area contributed by atoms with Crippen LogP contribution in [0, 0.1) is 0 Å². The van der Waals surface area contributed by atoms with Crippen molar-refractivity contribution in [1.29, 1.82) is 0 Å². The van der Waals surface area contributed by atoms with Crippen LogP contribution in [0.1, 0.15) is 31.0 Å². The van der Waals surface area contributed by atoms with Crippen molar-refractivity contribution in [3.8, 4) is 0 Å². The van der Waals surface area contributed by atoms with E-state index in [1.54, 1.807) is 19.9 Å². The van der Waals surface area contributed by atoms with Crippen LogP contribution in [-0.4, -0.2) is 31.1 Å². The summed E-state index contributed by atoms with van der Waals surface area (Å²) in [6, 6.07) is 4.59. The molecule has 0 N–H and O–H groups in total. The fourth-order valence-corrected chi connectivity index (χ4v) is 2.03. The molecule has 0 aromatic heterocycles. The van der Waals surface area contributed by atoms with Gasteiger partial charge in [-0.25, -0.2) is 0 Å². The van der Waals surface area contributed by atoms with Gasteiger partial charge in [-0.2, -0.15) is 13.2 Å². The van der Waals surface area contributed by atoms with Crippen molar-refractivity contribution in [2.75, 3.05) is 20.3 Å². The lowest BCUT2D eigenvalue weighted by Gasteiger charge is -2.28. The largest absolute Gasteiger partial charge is 0.416 e. The Labute approximate surface area is 116 Å². The highest BCUT2D eigenvalue weighted by Crippen LogP contribution is 2.31. The van der Waals surface area contributed by atoms with Crippen molar-refractivity contribution in [3.05, 3.63) is 35.4 Å². The SMILES string of the molecule is CCN(C(=O)COC)C(C)c1cccc(C(F)(F)F)c1. The third-order valence-electron chi connectivity index (χ3n) is 3.09. The molecule has 0 spiro atoms. The first kappa shape index (κ1) is 16.5. The van der Waals surface area contributed by atoms with E-state index in [0.29, 0.717) is 12.1 Å². The van der Waals surface area contributed by atoms with Crippen molar-refractivity contribution in [2.45, 2.75) is 26.1 Å². The molecule has 1 rings (SSSR count). The number of methoxy groups -OCH3 is 1. The first-order valence-corrected chi connectivity index (χ1v) is 6.26. The molecule has 1 aromatic rings. The average molecular weight is 289 g/mol. The number of carbonyl (C=O) groups excluding carboxylic acids is 1. The molecular weight excluding hydrogens is 271 g/mol. The third-order valence-corrected chi connectivity index (χ3v) is 3.09. The van der Waals surface area contributed by atoms with Crippen LogP contribution >= 0.6 is 0 Å². The Morgan fingerprint density at radius 3 is 2.55 bits per heavy atom. The molecular formula is C14H18F3NO2. The lowest BCUT2D eigenvalue weighted by molar-refractivity contribution is -0.137. The van der Waals surface area contributed by atoms with Gasteiger partial charge < -0.3 is 9.64 Å². The minimum absolute atomic E-state index is 0.0862. The van der Waals surface area contributed by atoms with Crippen LogP contribution < -0.4 is 0 Å². The highest BCUT2D eigenvalue weighted by molar-refractivity contribution is 5.77. The Morgan fingerprint density at radius 1 is 1.40 bits per heavy atom. The predicted molar refractivity (Wildman–Crippen MR) is 69.1 cm³/mol. The van der Waals surface area contributed by atoms with Crippen LogP contribution in [0.15, 0.2) is 24.3 Å². The smallest absolute Gasteiger partial charge is 0.375 e. The number of ether oxygens (including phenoxy) is 1. The van der Waals surface area contributed by atoms with Gasteiger partial charge in [0.15, 0.2) is 0 Å². The standard InChI is InChI=1S/C14H18F3NO2/c1-4-18(13(19)9-20-3)10(2)11-6-5-7-12(8-11)14(15,16)17/h5-8,10H,4,9H2,1-3H3. The number of likely N-dealkylation sites (N-methyl/N-ethyl adjacent to an activating group) is 1. The van der Waals surface area contributed by atoms with Crippen molar-refractivity contribution in [1.82, 2.24) is 4.90 Å². The van der Waals surface area contributed by atoms with Crippen molar-refractivity contribution in [2.24, 2.45) is 0 Å². The summed E-state index contributed by atoms with van der Waals surface area (Å²) < 4.78 is 42.9. The van der Waals surface area contributed by atoms with E-state index >= 15 is 0 Å². The minimum atomic E-state index is -4.39. The summed E-state index contributed by atoms with van der Waals surface area (Å²) >= 11 is 0. The fourth-order valence-electron chi connectivity index (χ4n) is 2.03. The van der Waals surface area contributed by atoms with E-state index < -0.39 is 17.8 Å². The second-order valence-corrected chi connectivity index (χ2v) is 4.41. The number of amides is 1. The summed E-state index contributed by atoms with van der Waals surface area (Å²) in [5, 5.41) is 0. The lowest BCUT2D eigenvalue weighted by Crippen LogP contribution is -2.35. The number of benzene rings is 1. The highest BCUT2D eigenvalue weighted by Gasteiger charge is 2.31. The minimum Gasteiger partial charge on any atom is -0.375 e. The van der Waals surface area contributed by atoms with E-state index in [9.17, 15) is 18.0 Å². The quantitative estimate of drug-likeness (QED) is 0.832. The Balaban J connectivity index is 3.01. The van der Waals surface area contributed by atoms with Crippen LogP contribution in [-0.2, 0) is 15.7 Å². The topological polar surface area (TPSA) is 29.5 Å². The molecule has 6 heteroatoms. The molecule has 0 fully saturated rings. The number of hydrogen-bond donors (Lipinski definition) is 0. The van der Waals surface area contributed by atoms with Gasteiger partial charge in [-0.1, -0.05) is 12.1 Å². The van der Waals surface area contributed by atoms with Crippen molar-refractivity contribution >= 4 is 5.91 Å². The molecule has 0 saturated heterocycles. The van der Waals surface area contributed by atoms with Gasteiger partial charge in [0.25, 0.3) is 0 Å². The maximum absolute atomic E-state index is 12.7. The van der Waals surface area contributed by atoms with Gasteiger partial charge in [0, 0.05) is 13.7 Å². The van der Waals surface area contributed by atoms with E-state index in [1.807, 2.05) is 0 Å². The number of hydrogen-bond acceptors (Lipinski definition) is 2. The van der Waals surface area contributed by atoms with Crippen molar-refractivity contribution in [3.63, 3.8) is 0 Å². The van der Waals surface area contributed by atoms with E-state index in [1.165, 1.54) is 18.1 Å². The van der Waals surface area contributed by atoms with Gasteiger partial charge >= 0.3 is 6.18 Å². The summed E-state index contributed by atoms with van der Waals surface area (Å²) in [6.45, 7) is 3.79. The summed E-state index contributed by atoms with van der Waals surface area (Å²) in [5.41, 5.74) is -0.261. The Morgan fingerprint density at radius 2 is 2.05 bits per heavy atom. The van der Waals surface area contributed by atoms with Crippen LogP contribution in [0.5, 0.6) is 0 Å². The fraction of sp³-hybridized carbons (Fsp3) is 0.500. The van der Waals surface area contributed by atoms with Crippen molar-refractivity contribution < 1.29 is 22.7 Å².